The SMILES string of the molecule is Cc1ccc(C)c(N(CCCC(=O)N(Cc2ccccc2)C(C)C(=O)NC2CCCC2)S(C)(=O)=O)c1. The van der Waals surface area contributed by atoms with E-state index >= 15 is 0 Å². The fourth-order valence-electron chi connectivity index (χ4n) is 4.73. The molecule has 1 saturated carbocycles. The van der Waals surface area contributed by atoms with Crippen LogP contribution in [0.5, 0.6) is 0 Å². The lowest BCUT2D eigenvalue weighted by atomic mass is 10.1. The van der Waals surface area contributed by atoms with Crippen LogP contribution in [0.15, 0.2) is 48.5 Å². The van der Waals surface area contributed by atoms with E-state index < -0.39 is 16.1 Å². The molecule has 0 bridgehead atoms. The van der Waals surface area contributed by atoms with E-state index in [1.807, 2.05) is 62.4 Å². The minimum absolute atomic E-state index is 0.140. The minimum atomic E-state index is -3.52. The largest absolute Gasteiger partial charge is 0.352 e. The van der Waals surface area contributed by atoms with E-state index in [9.17, 15) is 18.0 Å². The van der Waals surface area contributed by atoms with Crippen LogP contribution in [0.2, 0.25) is 0 Å². The van der Waals surface area contributed by atoms with Gasteiger partial charge in [0.1, 0.15) is 6.04 Å². The summed E-state index contributed by atoms with van der Waals surface area (Å²) in [5, 5.41) is 3.11. The zero-order valence-corrected chi connectivity index (χ0v) is 22.7. The predicted molar refractivity (Wildman–Crippen MR) is 144 cm³/mol. The summed E-state index contributed by atoms with van der Waals surface area (Å²) in [6.45, 7) is 6.09. The number of carbonyl (C=O) groups is 2. The van der Waals surface area contributed by atoms with Gasteiger partial charge in [0.25, 0.3) is 0 Å². The first-order valence-corrected chi connectivity index (χ1v) is 14.6. The molecule has 1 aliphatic carbocycles. The van der Waals surface area contributed by atoms with Gasteiger partial charge < -0.3 is 10.2 Å². The van der Waals surface area contributed by atoms with Crippen LogP contribution < -0.4 is 9.62 Å². The van der Waals surface area contributed by atoms with Gasteiger partial charge in [-0.2, -0.15) is 0 Å². The highest BCUT2D eigenvalue weighted by molar-refractivity contribution is 7.92. The summed E-state index contributed by atoms with van der Waals surface area (Å²) < 4.78 is 26.5. The van der Waals surface area contributed by atoms with E-state index in [0.29, 0.717) is 18.7 Å². The van der Waals surface area contributed by atoms with Crippen molar-refractivity contribution in [3.63, 3.8) is 0 Å². The van der Waals surface area contributed by atoms with Crippen molar-refractivity contribution in [1.29, 1.82) is 0 Å². The van der Waals surface area contributed by atoms with Crippen LogP contribution in [0.25, 0.3) is 0 Å². The van der Waals surface area contributed by atoms with Crippen molar-refractivity contribution >= 4 is 27.5 Å². The fourth-order valence-corrected chi connectivity index (χ4v) is 5.74. The number of anilines is 1. The minimum Gasteiger partial charge on any atom is -0.352 e. The molecule has 1 unspecified atom stereocenters. The number of nitrogens with one attached hydrogen (secondary N) is 1. The topological polar surface area (TPSA) is 86.8 Å². The van der Waals surface area contributed by atoms with Crippen LogP contribution in [0.1, 0.15) is 62.1 Å². The second-order valence-electron chi connectivity index (χ2n) is 9.90. The molecule has 36 heavy (non-hydrogen) atoms. The number of rotatable bonds is 11. The van der Waals surface area contributed by atoms with Crippen LogP contribution in [-0.2, 0) is 26.2 Å². The summed E-state index contributed by atoms with van der Waals surface area (Å²) in [6, 6.07) is 14.9. The fraction of sp³-hybridized carbons (Fsp3) is 0.500. The van der Waals surface area contributed by atoms with E-state index in [0.717, 1.165) is 42.4 Å². The maximum Gasteiger partial charge on any atom is 0.242 e. The molecule has 0 radical (unpaired) electrons. The molecule has 2 aromatic carbocycles. The molecule has 1 fully saturated rings. The third kappa shape index (κ3) is 7.56. The van der Waals surface area contributed by atoms with E-state index in [1.54, 1.807) is 11.8 Å². The lowest BCUT2D eigenvalue weighted by molar-refractivity contribution is -0.141. The average Bonchev–Trinajstić information content (AvgIpc) is 3.34. The molecule has 0 saturated heterocycles. The zero-order chi connectivity index (χ0) is 26.3. The van der Waals surface area contributed by atoms with Crippen LogP contribution in [0.3, 0.4) is 0 Å². The molecule has 196 valence electrons. The second-order valence-corrected chi connectivity index (χ2v) is 11.8. The summed E-state index contributed by atoms with van der Waals surface area (Å²) in [6.07, 6.45) is 5.86. The maximum absolute atomic E-state index is 13.4. The van der Waals surface area contributed by atoms with Crippen molar-refractivity contribution in [2.75, 3.05) is 17.1 Å². The van der Waals surface area contributed by atoms with E-state index in [4.69, 9.17) is 0 Å². The Morgan fingerprint density at radius 2 is 1.72 bits per heavy atom. The molecular formula is C28H39N3O4S. The normalized spacial score (nSPS) is 14.9. The van der Waals surface area contributed by atoms with E-state index in [2.05, 4.69) is 5.32 Å². The highest BCUT2D eigenvalue weighted by Gasteiger charge is 2.28. The van der Waals surface area contributed by atoms with Crippen LogP contribution >= 0.6 is 0 Å². The number of sulfonamides is 1. The Balaban J connectivity index is 1.72. The first-order valence-electron chi connectivity index (χ1n) is 12.7. The van der Waals surface area contributed by atoms with E-state index in [-0.39, 0.29) is 30.8 Å². The lowest BCUT2D eigenvalue weighted by Crippen LogP contribution is -2.49. The monoisotopic (exact) mass is 513 g/mol. The van der Waals surface area contributed by atoms with Gasteiger partial charge in [-0.25, -0.2) is 8.42 Å². The Morgan fingerprint density at radius 1 is 1.06 bits per heavy atom. The number of amides is 2. The third-order valence-corrected chi connectivity index (χ3v) is 8.03. The lowest BCUT2D eigenvalue weighted by Gasteiger charge is -2.30. The third-order valence-electron chi connectivity index (χ3n) is 6.85. The Hall–Kier alpha value is -2.87. The summed E-state index contributed by atoms with van der Waals surface area (Å²) in [7, 11) is -3.52. The van der Waals surface area contributed by atoms with Crippen molar-refractivity contribution in [2.24, 2.45) is 0 Å². The molecule has 0 aliphatic heterocycles. The van der Waals surface area contributed by atoms with Crippen molar-refractivity contribution in [3.05, 3.63) is 65.2 Å². The predicted octanol–water partition coefficient (Wildman–Crippen LogP) is 4.33. The maximum atomic E-state index is 13.4. The van der Waals surface area contributed by atoms with Crippen molar-refractivity contribution in [3.8, 4) is 0 Å². The summed E-state index contributed by atoms with van der Waals surface area (Å²) in [5.41, 5.74) is 3.41. The van der Waals surface area contributed by atoms with Gasteiger partial charge in [0.2, 0.25) is 21.8 Å². The average molecular weight is 514 g/mol. The molecule has 2 amide bonds. The molecule has 0 spiro atoms. The van der Waals surface area contributed by atoms with Gasteiger partial charge in [0, 0.05) is 25.6 Å². The molecule has 8 heteroatoms. The summed E-state index contributed by atoms with van der Waals surface area (Å²) in [5.74, 6) is -0.304. The molecule has 1 aliphatic rings. The summed E-state index contributed by atoms with van der Waals surface area (Å²) in [4.78, 5) is 28.0. The van der Waals surface area contributed by atoms with E-state index in [1.165, 1.54) is 10.6 Å². The highest BCUT2D eigenvalue weighted by atomic mass is 32.2. The zero-order valence-electron chi connectivity index (χ0n) is 21.9. The highest BCUT2D eigenvalue weighted by Crippen LogP contribution is 2.25. The molecule has 1 N–H and O–H groups in total. The second kappa shape index (κ2) is 12.4. The van der Waals surface area contributed by atoms with Crippen molar-refractivity contribution in [2.45, 2.75) is 77.9 Å². The van der Waals surface area contributed by atoms with Gasteiger partial charge in [0.05, 0.1) is 11.9 Å². The number of hydrogen-bond acceptors (Lipinski definition) is 4. The van der Waals surface area contributed by atoms with Crippen LogP contribution in [-0.4, -0.2) is 50.0 Å². The van der Waals surface area contributed by atoms with Gasteiger partial charge >= 0.3 is 0 Å². The Labute approximate surface area is 215 Å². The summed E-state index contributed by atoms with van der Waals surface area (Å²) >= 11 is 0. The number of benzene rings is 2. The van der Waals surface area contributed by atoms with Gasteiger partial charge in [-0.15, -0.1) is 0 Å². The van der Waals surface area contributed by atoms with Crippen LogP contribution in [0.4, 0.5) is 5.69 Å². The molecule has 3 rings (SSSR count). The first kappa shape index (κ1) is 27.7. The first-order chi connectivity index (χ1) is 17.1. The Morgan fingerprint density at radius 3 is 2.36 bits per heavy atom. The molecule has 0 heterocycles. The standard InChI is InChI=1S/C28H39N3O4S/c1-21-16-17-22(2)26(19-21)31(36(4,34)35)18-10-15-27(32)30(20-24-11-6-5-7-12-24)23(3)28(33)29-25-13-8-9-14-25/h5-7,11-12,16-17,19,23,25H,8-10,13-15,18,20H2,1-4H3,(H,29,33). The Kier molecular flexibility index (Phi) is 9.54. The molecular weight excluding hydrogens is 474 g/mol. The van der Waals surface area contributed by atoms with Gasteiger partial charge in [0.15, 0.2) is 0 Å². The van der Waals surface area contributed by atoms with Gasteiger partial charge in [-0.1, -0.05) is 55.3 Å². The van der Waals surface area contributed by atoms with Crippen molar-refractivity contribution in [1.82, 2.24) is 10.2 Å². The quantitative estimate of drug-likeness (QED) is 0.485. The molecule has 0 aromatic heterocycles. The number of aryl methyl sites for hydroxylation is 2. The van der Waals surface area contributed by atoms with Crippen LogP contribution in [0, 0.1) is 13.8 Å². The van der Waals surface area contributed by atoms with Gasteiger partial charge in [-0.05, 0) is 62.8 Å². The van der Waals surface area contributed by atoms with Gasteiger partial charge in [-0.3, -0.25) is 13.9 Å². The Bertz CT molecular complexity index is 1140. The molecule has 2 aromatic rings. The number of carbonyl (C=O) groups excluding carboxylic acids is 2. The number of nitrogens with zero attached hydrogens (tertiary/aromatic N) is 2. The number of hydrogen-bond donors (Lipinski definition) is 1. The molecule has 1 atom stereocenters. The van der Waals surface area contributed by atoms with Crippen molar-refractivity contribution < 1.29 is 18.0 Å². The molecule has 7 nitrogen and oxygen atoms in total. The smallest absolute Gasteiger partial charge is 0.242 e.